The van der Waals surface area contributed by atoms with Crippen molar-refractivity contribution in [1.29, 1.82) is 0 Å². The van der Waals surface area contributed by atoms with Gasteiger partial charge in [-0.3, -0.25) is 0 Å². The number of halogens is 1. The van der Waals surface area contributed by atoms with E-state index in [1.807, 2.05) is 7.05 Å². The molecule has 1 N–H and O–H groups in total. The van der Waals surface area contributed by atoms with Crippen LogP contribution < -0.4 is 5.32 Å². The smallest absolute Gasteiger partial charge is 0.0332 e. The minimum atomic E-state index is 0.402. The second-order valence-corrected chi connectivity index (χ2v) is 6.17. The number of hydrogen-bond acceptors (Lipinski definition) is 2. The average molecular weight is 324 g/mol. The second-order valence-electron chi connectivity index (χ2n) is 4.54. The van der Waals surface area contributed by atoms with Gasteiger partial charge < -0.3 is 5.32 Å². The van der Waals surface area contributed by atoms with E-state index in [2.05, 4.69) is 63.2 Å². The van der Waals surface area contributed by atoms with Gasteiger partial charge in [-0.1, -0.05) is 33.6 Å². The third kappa shape index (κ3) is 3.44. The van der Waals surface area contributed by atoms with Gasteiger partial charge in [0.1, 0.15) is 0 Å². The zero-order valence-corrected chi connectivity index (χ0v) is 13.1. The topological polar surface area (TPSA) is 12.0 Å². The Labute approximate surface area is 121 Å². The van der Waals surface area contributed by atoms with Crippen LogP contribution >= 0.6 is 27.3 Å². The van der Waals surface area contributed by atoms with E-state index in [9.17, 15) is 0 Å². The van der Waals surface area contributed by atoms with Crippen molar-refractivity contribution in [3.05, 3.63) is 56.2 Å². The highest BCUT2D eigenvalue weighted by Gasteiger charge is 2.12. The van der Waals surface area contributed by atoms with Gasteiger partial charge in [-0.25, -0.2) is 0 Å². The molecule has 0 radical (unpaired) electrons. The molecule has 0 aliphatic carbocycles. The minimum Gasteiger partial charge on any atom is -0.313 e. The summed E-state index contributed by atoms with van der Waals surface area (Å²) in [5.41, 5.74) is 4.10. The van der Waals surface area contributed by atoms with Crippen LogP contribution in [0, 0.1) is 6.92 Å². The van der Waals surface area contributed by atoms with Gasteiger partial charge >= 0.3 is 0 Å². The zero-order valence-electron chi connectivity index (χ0n) is 10.7. The Morgan fingerprint density at radius 2 is 2.17 bits per heavy atom. The lowest BCUT2D eigenvalue weighted by atomic mass is 9.99. The van der Waals surface area contributed by atoms with Crippen molar-refractivity contribution >= 4 is 27.3 Å². The molecular formula is C15H18BrNS. The molecular weight excluding hydrogens is 306 g/mol. The first-order valence-corrected chi connectivity index (χ1v) is 7.88. The molecule has 0 amide bonds. The van der Waals surface area contributed by atoms with Crippen molar-refractivity contribution in [2.45, 2.75) is 25.8 Å². The zero-order chi connectivity index (χ0) is 13.0. The minimum absolute atomic E-state index is 0.402. The Balaban J connectivity index is 2.10. The molecule has 1 aromatic carbocycles. The predicted molar refractivity (Wildman–Crippen MR) is 83.3 cm³/mol. The fraction of sp³-hybridized carbons (Fsp3) is 0.333. The molecule has 1 heterocycles. The number of nitrogens with one attached hydrogen (secondary N) is 1. The molecule has 96 valence electrons. The Morgan fingerprint density at radius 1 is 1.33 bits per heavy atom. The fourth-order valence-corrected chi connectivity index (χ4v) is 3.36. The maximum Gasteiger partial charge on any atom is 0.0332 e. The van der Waals surface area contributed by atoms with Crippen LogP contribution in [-0.4, -0.2) is 7.05 Å². The van der Waals surface area contributed by atoms with Crippen molar-refractivity contribution in [2.24, 2.45) is 0 Å². The van der Waals surface area contributed by atoms with Gasteiger partial charge in [0.15, 0.2) is 0 Å². The monoisotopic (exact) mass is 323 g/mol. The molecule has 0 saturated carbocycles. The molecule has 2 rings (SSSR count). The maximum atomic E-state index is 3.65. The summed E-state index contributed by atoms with van der Waals surface area (Å²) in [6, 6.07) is 9.15. The quantitative estimate of drug-likeness (QED) is 0.840. The molecule has 1 unspecified atom stereocenters. The summed E-state index contributed by atoms with van der Waals surface area (Å²) >= 11 is 5.42. The lowest BCUT2D eigenvalue weighted by Crippen LogP contribution is -2.17. The fourth-order valence-electron chi connectivity index (χ4n) is 2.13. The molecule has 1 nitrogen and oxygen atoms in total. The van der Waals surface area contributed by atoms with Crippen molar-refractivity contribution in [3.8, 4) is 0 Å². The van der Waals surface area contributed by atoms with Gasteiger partial charge in [0.05, 0.1) is 0 Å². The number of benzene rings is 1. The van der Waals surface area contributed by atoms with Crippen LogP contribution in [0.5, 0.6) is 0 Å². The van der Waals surface area contributed by atoms with Crippen molar-refractivity contribution in [1.82, 2.24) is 5.32 Å². The summed E-state index contributed by atoms with van der Waals surface area (Å²) in [4.78, 5) is 0. The number of rotatable bonds is 5. The van der Waals surface area contributed by atoms with Crippen LogP contribution in [0.3, 0.4) is 0 Å². The van der Waals surface area contributed by atoms with Crippen LogP contribution in [-0.2, 0) is 6.42 Å². The van der Waals surface area contributed by atoms with Gasteiger partial charge in [0.2, 0.25) is 0 Å². The normalized spacial score (nSPS) is 12.6. The van der Waals surface area contributed by atoms with Gasteiger partial charge in [-0.05, 0) is 60.8 Å². The summed E-state index contributed by atoms with van der Waals surface area (Å²) in [6.07, 6.45) is 2.24. The van der Waals surface area contributed by atoms with E-state index >= 15 is 0 Å². The summed E-state index contributed by atoms with van der Waals surface area (Å²) < 4.78 is 1.19. The summed E-state index contributed by atoms with van der Waals surface area (Å²) in [7, 11) is 2.03. The number of hydrogen-bond donors (Lipinski definition) is 1. The van der Waals surface area contributed by atoms with E-state index in [0.29, 0.717) is 6.04 Å². The van der Waals surface area contributed by atoms with E-state index in [4.69, 9.17) is 0 Å². The van der Waals surface area contributed by atoms with Crippen molar-refractivity contribution in [2.75, 3.05) is 7.05 Å². The van der Waals surface area contributed by atoms with E-state index in [0.717, 1.165) is 12.8 Å². The van der Waals surface area contributed by atoms with Crippen molar-refractivity contribution in [3.63, 3.8) is 0 Å². The predicted octanol–water partition coefficient (Wildman–Crippen LogP) is 4.71. The Kier molecular flexibility index (Phi) is 4.98. The maximum absolute atomic E-state index is 3.65. The largest absolute Gasteiger partial charge is 0.313 e. The molecule has 1 aromatic heterocycles. The van der Waals surface area contributed by atoms with E-state index < -0.39 is 0 Å². The van der Waals surface area contributed by atoms with Gasteiger partial charge in [0.25, 0.3) is 0 Å². The Hall–Kier alpha value is -0.640. The van der Waals surface area contributed by atoms with Crippen LogP contribution in [0.4, 0.5) is 0 Å². The standard InChI is InChI=1S/C15H18BrNS/c1-11-3-5-14(16)13(9-11)15(17-2)6-4-12-7-8-18-10-12/h3,5,7-10,15,17H,4,6H2,1-2H3. The Morgan fingerprint density at radius 3 is 2.83 bits per heavy atom. The highest BCUT2D eigenvalue weighted by Crippen LogP contribution is 2.27. The summed E-state index contributed by atoms with van der Waals surface area (Å²) in [5, 5.41) is 7.80. The van der Waals surface area contributed by atoms with E-state index in [1.165, 1.54) is 21.2 Å². The van der Waals surface area contributed by atoms with Crippen LogP contribution in [0.2, 0.25) is 0 Å². The molecule has 0 fully saturated rings. The third-order valence-corrected chi connectivity index (χ3v) is 4.63. The second kappa shape index (κ2) is 6.50. The molecule has 3 heteroatoms. The van der Waals surface area contributed by atoms with Gasteiger partial charge in [-0.15, -0.1) is 0 Å². The van der Waals surface area contributed by atoms with Gasteiger partial charge in [-0.2, -0.15) is 11.3 Å². The summed E-state index contributed by atoms with van der Waals surface area (Å²) in [5.74, 6) is 0. The molecule has 18 heavy (non-hydrogen) atoms. The molecule has 0 aliphatic heterocycles. The summed E-state index contributed by atoms with van der Waals surface area (Å²) in [6.45, 7) is 2.14. The molecule has 0 aliphatic rings. The molecule has 0 bridgehead atoms. The van der Waals surface area contributed by atoms with Crippen LogP contribution in [0.15, 0.2) is 39.5 Å². The average Bonchev–Trinajstić information content (AvgIpc) is 2.87. The Bertz CT molecular complexity index is 493. The molecule has 2 aromatic rings. The van der Waals surface area contributed by atoms with E-state index in [-0.39, 0.29) is 0 Å². The first kappa shape index (κ1) is 13.8. The first-order chi connectivity index (χ1) is 8.70. The molecule has 1 atom stereocenters. The lowest BCUT2D eigenvalue weighted by Gasteiger charge is -2.18. The van der Waals surface area contributed by atoms with Crippen LogP contribution in [0.25, 0.3) is 0 Å². The lowest BCUT2D eigenvalue weighted by molar-refractivity contribution is 0.547. The number of thiophene rings is 1. The highest BCUT2D eigenvalue weighted by molar-refractivity contribution is 9.10. The number of aryl methyl sites for hydroxylation is 2. The molecule has 0 spiro atoms. The highest BCUT2D eigenvalue weighted by atomic mass is 79.9. The van der Waals surface area contributed by atoms with Crippen LogP contribution in [0.1, 0.15) is 29.2 Å². The van der Waals surface area contributed by atoms with E-state index in [1.54, 1.807) is 11.3 Å². The molecule has 0 saturated heterocycles. The van der Waals surface area contributed by atoms with Gasteiger partial charge in [0, 0.05) is 10.5 Å². The third-order valence-electron chi connectivity index (χ3n) is 3.18. The SMILES string of the molecule is CNC(CCc1ccsc1)c1cc(C)ccc1Br. The first-order valence-electron chi connectivity index (χ1n) is 6.15. The van der Waals surface area contributed by atoms with Crippen molar-refractivity contribution < 1.29 is 0 Å².